The molecule has 0 spiro atoms. The quantitative estimate of drug-likeness (QED) is 0.793. The highest BCUT2D eigenvalue weighted by Crippen LogP contribution is 2.26. The summed E-state index contributed by atoms with van der Waals surface area (Å²) in [4.78, 5) is 5.21. The summed E-state index contributed by atoms with van der Waals surface area (Å²) in [6.07, 6.45) is 0. The van der Waals surface area contributed by atoms with Gasteiger partial charge in [0.25, 0.3) is 0 Å². The molecule has 1 aromatic carbocycles. The highest BCUT2D eigenvalue weighted by atomic mass is 32.1. The standard InChI is InChI=1S/C13H14N4OS/c1-2-18-10-5-3-9(4-6-10)11-8-19-13-15-12(7-14)16-17(11)13/h3-6,8H,2,7,14H2,1H3. The van der Waals surface area contributed by atoms with E-state index in [9.17, 15) is 0 Å². The Morgan fingerprint density at radius 1 is 1.32 bits per heavy atom. The minimum atomic E-state index is 0.358. The van der Waals surface area contributed by atoms with Crippen molar-refractivity contribution in [2.75, 3.05) is 6.61 Å². The van der Waals surface area contributed by atoms with E-state index in [4.69, 9.17) is 10.5 Å². The second-order valence-electron chi connectivity index (χ2n) is 4.00. The van der Waals surface area contributed by atoms with E-state index in [0.29, 0.717) is 19.0 Å². The van der Waals surface area contributed by atoms with Crippen molar-refractivity contribution in [3.8, 4) is 17.0 Å². The number of hydrogen-bond donors (Lipinski definition) is 1. The van der Waals surface area contributed by atoms with E-state index in [2.05, 4.69) is 10.1 Å². The zero-order valence-corrected chi connectivity index (χ0v) is 11.4. The van der Waals surface area contributed by atoms with E-state index >= 15 is 0 Å². The normalized spacial score (nSPS) is 11.1. The van der Waals surface area contributed by atoms with Gasteiger partial charge in [-0.2, -0.15) is 0 Å². The van der Waals surface area contributed by atoms with E-state index in [-0.39, 0.29) is 0 Å². The molecular formula is C13H14N4OS. The predicted molar refractivity (Wildman–Crippen MR) is 75.4 cm³/mol. The maximum absolute atomic E-state index is 5.56. The van der Waals surface area contributed by atoms with Crippen LogP contribution in [0, 0.1) is 0 Å². The lowest BCUT2D eigenvalue weighted by Crippen LogP contribution is -1.99. The molecule has 3 rings (SSSR count). The lowest BCUT2D eigenvalue weighted by atomic mass is 10.2. The van der Waals surface area contributed by atoms with Crippen molar-refractivity contribution in [2.24, 2.45) is 5.73 Å². The molecule has 5 nitrogen and oxygen atoms in total. The van der Waals surface area contributed by atoms with Gasteiger partial charge in [-0.05, 0) is 31.2 Å². The van der Waals surface area contributed by atoms with Crippen LogP contribution in [-0.4, -0.2) is 21.2 Å². The smallest absolute Gasteiger partial charge is 0.212 e. The minimum absolute atomic E-state index is 0.358. The van der Waals surface area contributed by atoms with Crippen molar-refractivity contribution in [3.63, 3.8) is 0 Å². The number of thiazole rings is 1. The molecule has 0 amide bonds. The number of nitrogens with zero attached hydrogens (tertiary/aromatic N) is 3. The van der Waals surface area contributed by atoms with Gasteiger partial charge in [0.05, 0.1) is 18.8 Å². The van der Waals surface area contributed by atoms with Crippen LogP contribution in [0.3, 0.4) is 0 Å². The first-order chi connectivity index (χ1) is 9.31. The minimum Gasteiger partial charge on any atom is -0.494 e. The zero-order chi connectivity index (χ0) is 13.2. The Hall–Kier alpha value is -1.92. The molecule has 19 heavy (non-hydrogen) atoms. The van der Waals surface area contributed by atoms with Gasteiger partial charge in [-0.3, -0.25) is 0 Å². The number of rotatable bonds is 4. The Morgan fingerprint density at radius 2 is 2.11 bits per heavy atom. The molecule has 0 saturated heterocycles. The van der Waals surface area contributed by atoms with Gasteiger partial charge in [0, 0.05) is 10.9 Å². The van der Waals surface area contributed by atoms with Gasteiger partial charge in [-0.25, -0.2) is 9.50 Å². The van der Waals surface area contributed by atoms with Crippen LogP contribution in [-0.2, 0) is 6.54 Å². The molecule has 0 atom stereocenters. The van der Waals surface area contributed by atoms with Crippen molar-refractivity contribution in [3.05, 3.63) is 35.5 Å². The molecule has 6 heteroatoms. The number of fused-ring (bicyclic) bond motifs is 1. The Balaban J connectivity index is 2.00. The van der Waals surface area contributed by atoms with Crippen molar-refractivity contribution in [1.82, 2.24) is 14.6 Å². The maximum atomic E-state index is 5.56. The Bertz CT molecular complexity index is 686. The van der Waals surface area contributed by atoms with E-state index < -0.39 is 0 Å². The summed E-state index contributed by atoms with van der Waals surface area (Å²) in [5.41, 5.74) is 7.67. The summed E-state index contributed by atoms with van der Waals surface area (Å²) >= 11 is 1.56. The van der Waals surface area contributed by atoms with Crippen molar-refractivity contribution >= 4 is 16.3 Å². The SMILES string of the molecule is CCOc1ccc(-c2csc3nc(CN)nn23)cc1. The summed E-state index contributed by atoms with van der Waals surface area (Å²) in [5, 5.41) is 6.43. The van der Waals surface area contributed by atoms with Gasteiger partial charge >= 0.3 is 0 Å². The summed E-state index contributed by atoms with van der Waals surface area (Å²) in [6, 6.07) is 7.97. The molecule has 98 valence electrons. The van der Waals surface area contributed by atoms with Gasteiger partial charge in [0.15, 0.2) is 5.82 Å². The highest BCUT2D eigenvalue weighted by molar-refractivity contribution is 7.15. The van der Waals surface area contributed by atoms with Crippen LogP contribution in [0.2, 0.25) is 0 Å². The van der Waals surface area contributed by atoms with E-state index in [1.807, 2.05) is 41.1 Å². The van der Waals surface area contributed by atoms with Crippen LogP contribution in [0.5, 0.6) is 5.75 Å². The van der Waals surface area contributed by atoms with Gasteiger partial charge in [-0.1, -0.05) is 0 Å². The lowest BCUT2D eigenvalue weighted by Gasteiger charge is -2.03. The van der Waals surface area contributed by atoms with E-state index in [1.54, 1.807) is 11.3 Å². The van der Waals surface area contributed by atoms with Crippen LogP contribution in [0.15, 0.2) is 29.6 Å². The molecule has 0 aliphatic carbocycles. The number of ether oxygens (including phenoxy) is 1. The molecule has 2 heterocycles. The molecule has 2 N–H and O–H groups in total. The summed E-state index contributed by atoms with van der Waals surface area (Å²) < 4.78 is 7.27. The summed E-state index contributed by atoms with van der Waals surface area (Å²) in [5.74, 6) is 1.54. The molecule has 0 aliphatic heterocycles. The van der Waals surface area contributed by atoms with Gasteiger partial charge in [0.2, 0.25) is 4.96 Å². The van der Waals surface area contributed by atoms with Crippen LogP contribution >= 0.6 is 11.3 Å². The number of benzene rings is 1. The van der Waals surface area contributed by atoms with Crippen molar-refractivity contribution in [2.45, 2.75) is 13.5 Å². The molecular weight excluding hydrogens is 260 g/mol. The van der Waals surface area contributed by atoms with Crippen LogP contribution < -0.4 is 10.5 Å². The fourth-order valence-electron chi connectivity index (χ4n) is 1.90. The van der Waals surface area contributed by atoms with Crippen LogP contribution in [0.1, 0.15) is 12.7 Å². The summed E-state index contributed by atoms with van der Waals surface area (Å²) in [7, 11) is 0. The highest BCUT2D eigenvalue weighted by Gasteiger charge is 2.10. The molecule has 0 radical (unpaired) electrons. The lowest BCUT2D eigenvalue weighted by molar-refractivity contribution is 0.340. The topological polar surface area (TPSA) is 65.4 Å². The summed E-state index contributed by atoms with van der Waals surface area (Å²) in [6.45, 7) is 3.00. The first-order valence-electron chi connectivity index (χ1n) is 6.08. The fourth-order valence-corrected chi connectivity index (χ4v) is 2.75. The molecule has 0 bridgehead atoms. The Kier molecular flexibility index (Phi) is 3.18. The largest absolute Gasteiger partial charge is 0.494 e. The molecule has 0 fully saturated rings. The molecule has 2 aromatic heterocycles. The third-order valence-corrected chi connectivity index (χ3v) is 3.59. The second-order valence-corrected chi connectivity index (χ2v) is 4.84. The van der Waals surface area contributed by atoms with Crippen LogP contribution in [0.25, 0.3) is 16.2 Å². The molecule has 0 aliphatic rings. The van der Waals surface area contributed by atoms with Gasteiger partial charge < -0.3 is 10.5 Å². The fraction of sp³-hybridized carbons (Fsp3) is 0.231. The third-order valence-electron chi connectivity index (χ3n) is 2.77. The monoisotopic (exact) mass is 274 g/mol. The van der Waals surface area contributed by atoms with E-state index in [0.717, 1.165) is 22.0 Å². The van der Waals surface area contributed by atoms with Gasteiger partial charge in [-0.15, -0.1) is 16.4 Å². The Labute approximate surface area is 114 Å². The van der Waals surface area contributed by atoms with Gasteiger partial charge in [0.1, 0.15) is 5.75 Å². The first kappa shape index (κ1) is 12.1. The molecule has 0 unspecified atom stereocenters. The number of hydrogen-bond acceptors (Lipinski definition) is 5. The number of aromatic nitrogens is 3. The third kappa shape index (κ3) is 2.20. The second kappa shape index (κ2) is 4.99. The maximum Gasteiger partial charge on any atom is 0.212 e. The van der Waals surface area contributed by atoms with Crippen molar-refractivity contribution in [1.29, 1.82) is 0 Å². The average molecular weight is 274 g/mol. The first-order valence-corrected chi connectivity index (χ1v) is 6.96. The van der Waals surface area contributed by atoms with Crippen LogP contribution in [0.4, 0.5) is 0 Å². The Morgan fingerprint density at radius 3 is 2.79 bits per heavy atom. The zero-order valence-electron chi connectivity index (χ0n) is 10.5. The predicted octanol–water partition coefficient (Wildman–Crippen LogP) is 2.32. The number of nitrogens with two attached hydrogens (primary N) is 1. The molecule has 3 aromatic rings. The molecule has 0 saturated carbocycles. The average Bonchev–Trinajstić information content (AvgIpc) is 2.99. The van der Waals surface area contributed by atoms with Crippen molar-refractivity contribution < 1.29 is 4.74 Å². The van der Waals surface area contributed by atoms with E-state index in [1.165, 1.54) is 0 Å².